The zero-order chi connectivity index (χ0) is 6.69. The molecular formula is C5H7BrN2S. The second-order valence-corrected chi connectivity index (χ2v) is 3.83. The number of hydrogen-bond acceptors (Lipinski definition) is 3. The molecule has 0 atom stereocenters. The molecule has 1 rings (SSSR count). The molecule has 1 aromatic heterocycles. The van der Waals surface area contributed by atoms with Gasteiger partial charge in [-0.3, -0.25) is 11.3 Å². The molecule has 3 N–H and O–H groups in total. The highest BCUT2D eigenvalue weighted by Crippen LogP contribution is 2.22. The van der Waals surface area contributed by atoms with E-state index in [2.05, 4.69) is 21.4 Å². The molecule has 0 unspecified atom stereocenters. The molecular weight excluding hydrogens is 200 g/mol. The molecule has 50 valence electrons. The molecule has 9 heavy (non-hydrogen) atoms. The monoisotopic (exact) mass is 206 g/mol. The molecule has 2 nitrogen and oxygen atoms in total. The maximum atomic E-state index is 5.12. The number of halogens is 1. The third kappa shape index (κ3) is 1.76. The van der Waals surface area contributed by atoms with E-state index in [1.165, 1.54) is 5.56 Å². The van der Waals surface area contributed by atoms with Crippen LogP contribution in [0.1, 0.15) is 5.56 Å². The van der Waals surface area contributed by atoms with Gasteiger partial charge in [0.2, 0.25) is 0 Å². The molecule has 1 aromatic rings. The minimum absolute atomic E-state index is 0.726. The average Bonchev–Trinajstić information content (AvgIpc) is 2.18. The summed E-state index contributed by atoms with van der Waals surface area (Å²) in [6.07, 6.45) is 0. The van der Waals surface area contributed by atoms with Gasteiger partial charge in [0, 0.05) is 6.54 Å². The topological polar surface area (TPSA) is 38.0 Å². The fourth-order valence-electron chi connectivity index (χ4n) is 0.555. The number of hydrogen-bond donors (Lipinski definition) is 2. The van der Waals surface area contributed by atoms with E-state index in [1.807, 2.05) is 11.4 Å². The number of rotatable bonds is 2. The number of nitrogens with one attached hydrogen (secondary N) is 1. The van der Waals surface area contributed by atoms with Crippen LogP contribution in [0.25, 0.3) is 0 Å². The highest BCUT2D eigenvalue weighted by Gasteiger charge is 1.96. The quantitative estimate of drug-likeness (QED) is 0.569. The third-order valence-electron chi connectivity index (χ3n) is 0.986. The molecule has 0 amide bonds. The lowest BCUT2D eigenvalue weighted by atomic mass is 10.3. The van der Waals surface area contributed by atoms with Gasteiger partial charge in [-0.2, -0.15) is 0 Å². The Morgan fingerprint density at radius 2 is 2.56 bits per heavy atom. The number of thiophene rings is 1. The van der Waals surface area contributed by atoms with Gasteiger partial charge in [-0.15, -0.1) is 11.3 Å². The maximum Gasteiger partial charge on any atom is 0.0743 e. The van der Waals surface area contributed by atoms with E-state index >= 15 is 0 Å². The van der Waals surface area contributed by atoms with Gasteiger partial charge in [-0.1, -0.05) is 0 Å². The minimum atomic E-state index is 0.726. The summed E-state index contributed by atoms with van der Waals surface area (Å²) < 4.78 is 1.15. The van der Waals surface area contributed by atoms with Gasteiger partial charge in [0.1, 0.15) is 0 Å². The highest BCUT2D eigenvalue weighted by atomic mass is 79.9. The van der Waals surface area contributed by atoms with Crippen molar-refractivity contribution in [1.82, 2.24) is 5.43 Å². The molecule has 0 spiro atoms. The van der Waals surface area contributed by atoms with Gasteiger partial charge in [-0.05, 0) is 32.9 Å². The summed E-state index contributed by atoms with van der Waals surface area (Å²) in [5.41, 5.74) is 3.80. The predicted octanol–water partition coefficient (Wildman–Crippen LogP) is 1.47. The van der Waals surface area contributed by atoms with Crippen LogP contribution in [0.3, 0.4) is 0 Å². The van der Waals surface area contributed by atoms with Gasteiger partial charge in [-0.25, -0.2) is 0 Å². The first kappa shape index (κ1) is 7.21. The van der Waals surface area contributed by atoms with Gasteiger partial charge < -0.3 is 0 Å². The first-order valence-corrected chi connectivity index (χ1v) is 4.17. The fourth-order valence-corrected chi connectivity index (χ4v) is 1.79. The zero-order valence-corrected chi connectivity index (χ0v) is 7.13. The molecule has 0 radical (unpaired) electrons. The van der Waals surface area contributed by atoms with Crippen molar-refractivity contribution in [3.63, 3.8) is 0 Å². The van der Waals surface area contributed by atoms with Gasteiger partial charge in [0.25, 0.3) is 0 Å². The number of hydrazine groups is 1. The standard InChI is InChI=1S/C5H7BrN2S/c6-5-4(3-8-7)1-2-9-5/h1-2,8H,3,7H2. The van der Waals surface area contributed by atoms with Gasteiger partial charge in [0.15, 0.2) is 0 Å². The molecule has 0 aliphatic rings. The Morgan fingerprint density at radius 1 is 1.78 bits per heavy atom. The lowest BCUT2D eigenvalue weighted by Gasteiger charge is -1.93. The van der Waals surface area contributed by atoms with Crippen LogP contribution in [0.2, 0.25) is 0 Å². The Hall–Kier alpha value is 0.100. The third-order valence-corrected chi connectivity index (χ3v) is 2.80. The summed E-state index contributed by atoms with van der Waals surface area (Å²) >= 11 is 5.06. The lowest BCUT2D eigenvalue weighted by Crippen LogP contribution is -2.20. The summed E-state index contributed by atoms with van der Waals surface area (Å²) in [7, 11) is 0. The van der Waals surface area contributed by atoms with Crippen molar-refractivity contribution in [2.24, 2.45) is 5.84 Å². The van der Waals surface area contributed by atoms with Crippen molar-refractivity contribution >= 4 is 27.3 Å². The van der Waals surface area contributed by atoms with Gasteiger partial charge in [0.05, 0.1) is 3.79 Å². The van der Waals surface area contributed by atoms with Crippen LogP contribution in [0.5, 0.6) is 0 Å². The van der Waals surface area contributed by atoms with E-state index in [0.29, 0.717) is 0 Å². The largest absolute Gasteiger partial charge is 0.271 e. The molecule has 0 bridgehead atoms. The molecule has 0 aliphatic carbocycles. The van der Waals surface area contributed by atoms with E-state index < -0.39 is 0 Å². The van der Waals surface area contributed by atoms with Crippen molar-refractivity contribution in [3.8, 4) is 0 Å². The molecule has 0 saturated carbocycles. The molecule has 0 fully saturated rings. The lowest BCUT2D eigenvalue weighted by molar-refractivity contribution is 0.741. The van der Waals surface area contributed by atoms with Crippen molar-refractivity contribution < 1.29 is 0 Å². The van der Waals surface area contributed by atoms with E-state index in [9.17, 15) is 0 Å². The van der Waals surface area contributed by atoms with Crippen LogP contribution in [-0.4, -0.2) is 0 Å². The Bertz CT molecular complexity index is 187. The van der Waals surface area contributed by atoms with E-state index in [4.69, 9.17) is 5.84 Å². The molecule has 0 saturated heterocycles. The Balaban J connectivity index is 2.69. The Morgan fingerprint density at radius 3 is 3.00 bits per heavy atom. The van der Waals surface area contributed by atoms with Crippen molar-refractivity contribution in [1.29, 1.82) is 0 Å². The minimum Gasteiger partial charge on any atom is -0.271 e. The van der Waals surface area contributed by atoms with Gasteiger partial charge >= 0.3 is 0 Å². The summed E-state index contributed by atoms with van der Waals surface area (Å²) in [6.45, 7) is 0.726. The average molecular weight is 207 g/mol. The van der Waals surface area contributed by atoms with E-state index in [-0.39, 0.29) is 0 Å². The first-order chi connectivity index (χ1) is 4.34. The summed E-state index contributed by atoms with van der Waals surface area (Å²) in [4.78, 5) is 0. The van der Waals surface area contributed by atoms with Crippen molar-refractivity contribution in [3.05, 3.63) is 20.8 Å². The van der Waals surface area contributed by atoms with E-state index in [0.717, 1.165) is 10.3 Å². The second-order valence-electron chi connectivity index (χ2n) is 1.60. The predicted molar refractivity (Wildman–Crippen MR) is 43.0 cm³/mol. The first-order valence-electron chi connectivity index (χ1n) is 2.50. The summed E-state index contributed by atoms with van der Waals surface area (Å²) in [6, 6.07) is 2.04. The molecule has 0 aromatic carbocycles. The van der Waals surface area contributed by atoms with Crippen LogP contribution in [0.4, 0.5) is 0 Å². The van der Waals surface area contributed by atoms with Crippen molar-refractivity contribution in [2.75, 3.05) is 0 Å². The van der Waals surface area contributed by atoms with Crippen LogP contribution < -0.4 is 11.3 Å². The zero-order valence-electron chi connectivity index (χ0n) is 4.73. The highest BCUT2D eigenvalue weighted by molar-refractivity contribution is 9.11. The van der Waals surface area contributed by atoms with E-state index in [1.54, 1.807) is 11.3 Å². The Labute approximate surface area is 66.2 Å². The van der Waals surface area contributed by atoms with Crippen LogP contribution in [0, 0.1) is 0 Å². The molecule has 1 heterocycles. The van der Waals surface area contributed by atoms with Crippen LogP contribution in [0.15, 0.2) is 15.2 Å². The molecule has 4 heteroatoms. The Kier molecular flexibility index (Phi) is 2.65. The number of nitrogens with two attached hydrogens (primary N) is 1. The smallest absolute Gasteiger partial charge is 0.0743 e. The van der Waals surface area contributed by atoms with Crippen molar-refractivity contribution in [2.45, 2.75) is 6.54 Å². The van der Waals surface area contributed by atoms with Crippen LogP contribution in [-0.2, 0) is 6.54 Å². The summed E-state index contributed by atoms with van der Waals surface area (Å²) in [5.74, 6) is 5.12. The second kappa shape index (κ2) is 3.31. The fraction of sp³-hybridized carbons (Fsp3) is 0.200. The summed E-state index contributed by atoms with van der Waals surface area (Å²) in [5, 5.41) is 2.02. The molecule has 0 aliphatic heterocycles. The normalized spacial score (nSPS) is 10.0. The maximum absolute atomic E-state index is 5.12. The SMILES string of the molecule is NNCc1ccsc1Br. The van der Waals surface area contributed by atoms with Crippen LogP contribution >= 0.6 is 27.3 Å².